The summed E-state index contributed by atoms with van der Waals surface area (Å²) in [5.41, 5.74) is 2.80. The van der Waals surface area contributed by atoms with E-state index in [2.05, 4.69) is 0 Å². The Kier molecular flexibility index (Phi) is 2.98. The van der Waals surface area contributed by atoms with Gasteiger partial charge in [-0.15, -0.1) is 0 Å². The van der Waals surface area contributed by atoms with Crippen LogP contribution in [-0.4, -0.2) is 41.6 Å². The summed E-state index contributed by atoms with van der Waals surface area (Å²) in [7, 11) is 1.61. The molecule has 2 rings (SSSR count). The number of amides is 2. The molecule has 1 aliphatic heterocycles. The lowest BCUT2D eigenvalue weighted by atomic mass is 10.1. The van der Waals surface area contributed by atoms with Crippen LogP contribution in [0.3, 0.4) is 0 Å². The zero-order valence-corrected chi connectivity index (χ0v) is 10.7. The van der Waals surface area contributed by atoms with Crippen LogP contribution >= 0.6 is 0 Å². The highest BCUT2D eigenvalue weighted by Gasteiger charge is 2.40. The van der Waals surface area contributed by atoms with Crippen molar-refractivity contribution in [1.82, 2.24) is 4.90 Å². The lowest BCUT2D eigenvalue weighted by molar-refractivity contribution is -0.138. The van der Waals surface area contributed by atoms with Gasteiger partial charge in [-0.1, -0.05) is 6.07 Å². The van der Waals surface area contributed by atoms with Crippen molar-refractivity contribution in [3.63, 3.8) is 0 Å². The quantitative estimate of drug-likeness (QED) is 0.865. The Labute approximate surface area is 106 Å². The monoisotopic (exact) mass is 248 g/mol. The molecule has 1 fully saturated rings. The molecule has 0 aromatic heterocycles. The Morgan fingerprint density at radius 1 is 1.33 bits per heavy atom. The van der Waals surface area contributed by atoms with Gasteiger partial charge in [0.15, 0.2) is 6.04 Å². The second-order valence-corrected chi connectivity index (χ2v) is 4.66. The number of aryl methyl sites for hydroxylation is 2. The Balaban J connectivity index is 2.43. The minimum atomic E-state index is -0.981. The Morgan fingerprint density at radius 3 is 2.56 bits per heavy atom. The minimum absolute atomic E-state index is 0.209. The maximum absolute atomic E-state index is 12.0. The highest BCUT2D eigenvalue weighted by molar-refractivity contribution is 6.01. The molecule has 96 valence electrons. The highest BCUT2D eigenvalue weighted by atomic mass is 16.4. The molecule has 1 aromatic rings. The number of likely N-dealkylation sites (N-methyl/N-ethyl adjacent to an activating group) is 1. The number of aliphatic carboxylic acids is 1. The number of carbonyl (C=O) groups is 2. The first-order chi connectivity index (χ1) is 8.41. The van der Waals surface area contributed by atoms with Gasteiger partial charge in [-0.05, 0) is 37.1 Å². The summed E-state index contributed by atoms with van der Waals surface area (Å²) in [6.45, 7) is 4.13. The predicted octanol–water partition coefficient (Wildman–Crippen LogP) is 1.63. The Morgan fingerprint density at radius 2 is 2.00 bits per heavy atom. The number of carboxylic acid groups (broad SMARTS) is 1. The summed E-state index contributed by atoms with van der Waals surface area (Å²) in [5.74, 6) is -0.981. The fourth-order valence-electron chi connectivity index (χ4n) is 2.09. The average Bonchev–Trinajstić information content (AvgIpc) is 2.60. The normalized spacial score (nSPS) is 19.5. The summed E-state index contributed by atoms with van der Waals surface area (Å²) in [6.07, 6.45) is 0. The van der Waals surface area contributed by atoms with Crippen molar-refractivity contribution in [2.45, 2.75) is 19.9 Å². The van der Waals surface area contributed by atoms with Crippen LogP contribution in [0.15, 0.2) is 18.2 Å². The van der Waals surface area contributed by atoms with Crippen molar-refractivity contribution < 1.29 is 14.7 Å². The highest BCUT2D eigenvalue weighted by Crippen LogP contribution is 2.26. The summed E-state index contributed by atoms with van der Waals surface area (Å²) < 4.78 is 0. The van der Waals surface area contributed by atoms with Crippen LogP contribution in [-0.2, 0) is 4.79 Å². The van der Waals surface area contributed by atoms with Crippen molar-refractivity contribution in [2.75, 3.05) is 18.5 Å². The average molecular weight is 248 g/mol. The van der Waals surface area contributed by atoms with Gasteiger partial charge >= 0.3 is 12.0 Å². The van der Waals surface area contributed by atoms with Gasteiger partial charge in [0.2, 0.25) is 0 Å². The largest absolute Gasteiger partial charge is 0.480 e. The van der Waals surface area contributed by atoms with Crippen molar-refractivity contribution in [3.05, 3.63) is 29.3 Å². The maximum atomic E-state index is 12.0. The lowest BCUT2D eigenvalue weighted by Crippen LogP contribution is -2.39. The first-order valence-corrected chi connectivity index (χ1v) is 5.76. The van der Waals surface area contributed by atoms with E-state index in [0.717, 1.165) is 11.1 Å². The summed E-state index contributed by atoms with van der Waals surface area (Å²) in [6, 6.07) is 4.45. The topological polar surface area (TPSA) is 60.9 Å². The number of urea groups is 1. The zero-order valence-electron chi connectivity index (χ0n) is 10.7. The first kappa shape index (κ1) is 12.4. The molecule has 0 bridgehead atoms. The molecule has 5 heteroatoms. The standard InChI is InChI=1S/C13H16N2O3/c1-8-4-5-10(6-9(8)2)15-11(12(16)17)7-14(3)13(15)18/h4-6,11H,7H2,1-3H3,(H,16,17). The summed E-state index contributed by atoms with van der Waals surface area (Å²) in [5, 5.41) is 9.18. The van der Waals surface area contributed by atoms with E-state index in [1.54, 1.807) is 13.1 Å². The molecule has 1 saturated heterocycles. The molecule has 2 amide bonds. The predicted molar refractivity (Wildman–Crippen MR) is 67.8 cm³/mol. The van der Waals surface area contributed by atoms with Gasteiger partial charge in [-0.2, -0.15) is 0 Å². The van der Waals surface area contributed by atoms with Gasteiger partial charge in [0.05, 0.1) is 6.54 Å². The van der Waals surface area contributed by atoms with Crippen LogP contribution in [0.25, 0.3) is 0 Å². The number of hydrogen-bond acceptors (Lipinski definition) is 2. The number of benzene rings is 1. The van der Waals surface area contributed by atoms with Crippen LogP contribution in [0.4, 0.5) is 10.5 Å². The number of rotatable bonds is 2. The van der Waals surface area contributed by atoms with Crippen molar-refractivity contribution in [3.8, 4) is 0 Å². The summed E-state index contributed by atoms with van der Waals surface area (Å²) >= 11 is 0. The Bertz CT molecular complexity index is 513. The van der Waals surface area contributed by atoms with E-state index in [9.17, 15) is 14.7 Å². The van der Waals surface area contributed by atoms with Gasteiger partial charge in [0.25, 0.3) is 0 Å². The third-order valence-corrected chi connectivity index (χ3v) is 3.34. The molecule has 0 saturated carbocycles. The fourth-order valence-corrected chi connectivity index (χ4v) is 2.09. The smallest absolute Gasteiger partial charge is 0.328 e. The molecule has 1 N–H and O–H groups in total. The lowest BCUT2D eigenvalue weighted by Gasteiger charge is -2.21. The second-order valence-electron chi connectivity index (χ2n) is 4.66. The van der Waals surface area contributed by atoms with Crippen LogP contribution in [0, 0.1) is 13.8 Å². The summed E-state index contributed by atoms with van der Waals surface area (Å²) in [4.78, 5) is 26.0. The molecule has 1 atom stereocenters. The molecule has 0 aliphatic carbocycles. The van der Waals surface area contributed by atoms with Gasteiger partial charge in [-0.3, -0.25) is 4.90 Å². The third-order valence-electron chi connectivity index (χ3n) is 3.34. The minimum Gasteiger partial charge on any atom is -0.480 e. The van der Waals surface area contributed by atoms with Crippen LogP contribution in [0.1, 0.15) is 11.1 Å². The van der Waals surface area contributed by atoms with E-state index in [-0.39, 0.29) is 12.6 Å². The molecule has 0 spiro atoms. The molecule has 0 radical (unpaired) electrons. The number of anilines is 1. The van der Waals surface area contributed by atoms with Crippen LogP contribution in [0.2, 0.25) is 0 Å². The zero-order chi connectivity index (χ0) is 13.4. The van der Waals surface area contributed by atoms with E-state index in [4.69, 9.17) is 0 Å². The van der Waals surface area contributed by atoms with Gasteiger partial charge < -0.3 is 10.0 Å². The molecule has 1 unspecified atom stereocenters. The van der Waals surface area contributed by atoms with E-state index < -0.39 is 12.0 Å². The van der Waals surface area contributed by atoms with E-state index in [1.807, 2.05) is 26.0 Å². The number of carboxylic acids is 1. The molecular weight excluding hydrogens is 232 g/mol. The Hall–Kier alpha value is -2.04. The fraction of sp³-hybridized carbons (Fsp3) is 0.385. The number of nitrogens with zero attached hydrogens (tertiary/aromatic N) is 2. The van der Waals surface area contributed by atoms with Gasteiger partial charge in [-0.25, -0.2) is 9.59 Å². The first-order valence-electron chi connectivity index (χ1n) is 5.76. The number of hydrogen-bond donors (Lipinski definition) is 1. The second kappa shape index (κ2) is 4.33. The third kappa shape index (κ3) is 1.92. The van der Waals surface area contributed by atoms with E-state index >= 15 is 0 Å². The van der Waals surface area contributed by atoms with E-state index in [0.29, 0.717) is 5.69 Å². The molecule has 18 heavy (non-hydrogen) atoms. The maximum Gasteiger partial charge on any atom is 0.328 e. The van der Waals surface area contributed by atoms with Gasteiger partial charge in [0.1, 0.15) is 0 Å². The van der Waals surface area contributed by atoms with Crippen LogP contribution < -0.4 is 4.90 Å². The molecule has 1 heterocycles. The molecular formula is C13H16N2O3. The molecule has 1 aromatic carbocycles. The SMILES string of the molecule is Cc1ccc(N2C(=O)N(C)CC2C(=O)O)cc1C. The molecule has 5 nitrogen and oxygen atoms in total. The van der Waals surface area contributed by atoms with Crippen molar-refractivity contribution in [2.24, 2.45) is 0 Å². The van der Waals surface area contributed by atoms with Crippen LogP contribution in [0.5, 0.6) is 0 Å². The van der Waals surface area contributed by atoms with Gasteiger partial charge in [0, 0.05) is 12.7 Å². The van der Waals surface area contributed by atoms with Crippen molar-refractivity contribution >= 4 is 17.7 Å². The van der Waals surface area contributed by atoms with E-state index in [1.165, 1.54) is 9.80 Å². The number of carbonyl (C=O) groups excluding carboxylic acids is 1. The molecule has 1 aliphatic rings. The van der Waals surface area contributed by atoms with Crippen molar-refractivity contribution in [1.29, 1.82) is 0 Å².